The number of carbonyl (C=O) groups excluding carboxylic acids is 1. The zero-order valence-electron chi connectivity index (χ0n) is 16.7. The van der Waals surface area contributed by atoms with Crippen molar-refractivity contribution in [2.75, 3.05) is 6.54 Å². The fourth-order valence-corrected chi connectivity index (χ4v) is 4.60. The smallest absolute Gasteiger partial charge is 0.335 e. The Bertz CT molecular complexity index is 1270. The molecule has 0 bridgehead atoms. The summed E-state index contributed by atoms with van der Waals surface area (Å²) in [6.07, 6.45) is 1.67. The molecule has 0 spiro atoms. The van der Waals surface area contributed by atoms with Gasteiger partial charge in [-0.2, -0.15) is 0 Å². The highest BCUT2D eigenvalue weighted by atomic mass is 35.5. The number of aliphatic imine (C=N–C) groups is 1. The molecule has 1 aliphatic rings. The minimum absolute atomic E-state index is 0.173. The molecule has 1 N–H and O–H groups in total. The van der Waals surface area contributed by atoms with Gasteiger partial charge < -0.3 is 9.52 Å². The Kier molecular flexibility index (Phi) is 6.41. The molecule has 6 nitrogen and oxygen atoms in total. The SMILES string of the molecule is CCN1C(=O)/C(=C/c2ccc(-c3ccc(Cl)cc3Cl)o2)SC1=Nc1ccc(C(=O)O)cc1. The van der Waals surface area contributed by atoms with Crippen LogP contribution in [0.25, 0.3) is 17.4 Å². The number of amides is 1. The minimum atomic E-state index is -1.01. The van der Waals surface area contributed by atoms with Gasteiger partial charge in [-0.1, -0.05) is 23.2 Å². The van der Waals surface area contributed by atoms with E-state index in [1.165, 1.54) is 23.9 Å². The number of benzene rings is 2. The third-order valence-corrected chi connectivity index (χ3v) is 6.19. The van der Waals surface area contributed by atoms with E-state index in [9.17, 15) is 9.59 Å². The van der Waals surface area contributed by atoms with Crippen molar-refractivity contribution >= 4 is 63.8 Å². The lowest BCUT2D eigenvalue weighted by Gasteiger charge is -2.11. The summed E-state index contributed by atoms with van der Waals surface area (Å²) in [6.45, 7) is 2.30. The van der Waals surface area contributed by atoms with E-state index in [-0.39, 0.29) is 11.5 Å². The van der Waals surface area contributed by atoms with Gasteiger partial charge in [0, 0.05) is 23.2 Å². The van der Waals surface area contributed by atoms with Crippen molar-refractivity contribution in [3.8, 4) is 11.3 Å². The first kappa shape index (κ1) is 22.2. The summed E-state index contributed by atoms with van der Waals surface area (Å²) in [4.78, 5) is 30.4. The van der Waals surface area contributed by atoms with E-state index < -0.39 is 5.97 Å². The van der Waals surface area contributed by atoms with Crippen LogP contribution in [0, 0.1) is 0 Å². The molecule has 0 saturated carbocycles. The molecule has 1 saturated heterocycles. The largest absolute Gasteiger partial charge is 0.478 e. The first-order valence-corrected chi connectivity index (χ1v) is 11.1. The molecule has 0 unspecified atom stereocenters. The van der Waals surface area contributed by atoms with Gasteiger partial charge in [0.1, 0.15) is 11.5 Å². The van der Waals surface area contributed by atoms with Gasteiger partial charge in [0.05, 0.1) is 21.2 Å². The van der Waals surface area contributed by atoms with Crippen LogP contribution in [-0.2, 0) is 4.79 Å². The normalized spacial score (nSPS) is 16.3. The molecule has 1 aliphatic heterocycles. The molecule has 162 valence electrons. The molecule has 1 aromatic heterocycles. The first-order valence-electron chi connectivity index (χ1n) is 9.54. The van der Waals surface area contributed by atoms with Crippen molar-refractivity contribution in [1.29, 1.82) is 0 Å². The van der Waals surface area contributed by atoms with Gasteiger partial charge in [-0.25, -0.2) is 9.79 Å². The maximum Gasteiger partial charge on any atom is 0.335 e. The van der Waals surface area contributed by atoms with E-state index in [1.54, 1.807) is 53.4 Å². The first-order chi connectivity index (χ1) is 15.4. The van der Waals surface area contributed by atoms with E-state index in [1.807, 2.05) is 6.92 Å². The fraction of sp³-hybridized carbons (Fsp3) is 0.0870. The van der Waals surface area contributed by atoms with Crippen molar-refractivity contribution in [3.05, 3.63) is 80.9 Å². The van der Waals surface area contributed by atoms with E-state index >= 15 is 0 Å². The number of carboxylic acids is 1. The average Bonchev–Trinajstić information content (AvgIpc) is 3.33. The number of hydrogen-bond acceptors (Lipinski definition) is 5. The Morgan fingerprint density at radius 3 is 2.56 bits per heavy atom. The van der Waals surface area contributed by atoms with Gasteiger partial charge in [0.15, 0.2) is 5.17 Å². The maximum absolute atomic E-state index is 12.9. The molecule has 2 heterocycles. The summed E-state index contributed by atoms with van der Waals surface area (Å²) in [5.41, 5.74) is 1.43. The highest BCUT2D eigenvalue weighted by Crippen LogP contribution is 2.36. The number of aromatic carboxylic acids is 1. The number of nitrogens with zero attached hydrogens (tertiary/aromatic N) is 2. The average molecular weight is 487 g/mol. The van der Waals surface area contributed by atoms with E-state index in [0.29, 0.717) is 49.4 Å². The summed E-state index contributed by atoms with van der Waals surface area (Å²) in [5.74, 6) is -0.118. The summed E-state index contributed by atoms with van der Waals surface area (Å²) >= 11 is 13.4. The van der Waals surface area contributed by atoms with Crippen LogP contribution in [0.15, 0.2) is 68.9 Å². The molecule has 0 atom stereocenters. The summed E-state index contributed by atoms with van der Waals surface area (Å²) in [6, 6.07) is 14.8. The van der Waals surface area contributed by atoms with E-state index in [2.05, 4.69) is 4.99 Å². The van der Waals surface area contributed by atoms with Gasteiger partial charge in [-0.15, -0.1) is 0 Å². The number of likely N-dealkylation sites (N-methyl/N-ethyl adjacent to an activating group) is 1. The monoisotopic (exact) mass is 486 g/mol. The van der Waals surface area contributed by atoms with Crippen LogP contribution in [0.5, 0.6) is 0 Å². The number of rotatable bonds is 5. The highest BCUT2D eigenvalue weighted by molar-refractivity contribution is 8.18. The second-order valence-corrected chi connectivity index (χ2v) is 8.59. The van der Waals surface area contributed by atoms with Crippen molar-refractivity contribution in [2.45, 2.75) is 6.92 Å². The molecule has 3 aromatic rings. The lowest BCUT2D eigenvalue weighted by Crippen LogP contribution is -2.28. The molecule has 0 radical (unpaired) electrons. The van der Waals surface area contributed by atoms with Gasteiger partial charge in [-0.05, 0) is 73.3 Å². The molecule has 32 heavy (non-hydrogen) atoms. The Morgan fingerprint density at radius 2 is 1.91 bits per heavy atom. The van der Waals surface area contributed by atoms with Crippen LogP contribution < -0.4 is 0 Å². The molecular weight excluding hydrogens is 471 g/mol. The fourth-order valence-electron chi connectivity index (χ4n) is 3.05. The summed E-state index contributed by atoms with van der Waals surface area (Å²) < 4.78 is 5.88. The minimum Gasteiger partial charge on any atom is -0.478 e. The summed E-state index contributed by atoms with van der Waals surface area (Å²) in [5, 5.41) is 10.5. The van der Waals surface area contributed by atoms with Gasteiger partial charge in [0.25, 0.3) is 5.91 Å². The van der Waals surface area contributed by atoms with Gasteiger partial charge in [0.2, 0.25) is 0 Å². The Hall–Kier alpha value is -3.00. The lowest BCUT2D eigenvalue weighted by atomic mass is 10.2. The highest BCUT2D eigenvalue weighted by Gasteiger charge is 2.32. The number of halogens is 2. The van der Waals surface area contributed by atoms with Crippen molar-refractivity contribution in [1.82, 2.24) is 4.90 Å². The second-order valence-electron chi connectivity index (χ2n) is 6.73. The van der Waals surface area contributed by atoms with Crippen LogP contribution in [-0.4, -0.2) is 33.6 Å². The molecule has 1 amide bonds. The number of hydrogen-bond donors (Lipinski definition) is 1. The lowest BCUT2D eigenvalue weighted by molar-refractivity contribution is -0.122. The molecule has 2 aromatic carbocycles. The molecular formula is C23H16Cl2N2O4S. The van der Waals surface area contributed by atoms with Crippen LogP contribution >= 0.6 is 35.0 Å². The van der Waals surface area contributed by atoms with Crippen LogP contribution in [0.2, 0.25) is 10.0 Å². The van der Waals surface area contributed by atoms with Crippen LogP contribution in [0.3, 0.4) is 0 Å². The van der Waals surface area contributed by atoms with Crippen molar-refractivity contribution in [2.24, 2.45) is 4.99 Å². The Morgan fingerprint density at radius 1 is 1.16 bits per heavy atom. The standard InChI is InChI=1S/C23H16Cl2N2O4S/c1-2-27-21(28)20(32-23(27)26-15-6-3-13(4-7-15)22(29)30)12-16-8-10-19(31-16)17-9-5-14(24)11-18(17)25/h3-12H,2H2,1H3,(H,29,30)/b20-12-,26-23?. The van der Waals surface area contributed by atoms with Gasteiger partial charge >= 0.3 is 5.97 Å². The summed E-state index contributed by atoms with van der Waals surface area (Å²) in [7, 11) is 0. The van der Waals surface area contributed by atoms with Crippen LogP contribution in [0.1, 0.15) is 23.0 Å². The number of carboxylic acid groups (broad SMARTS) is 1. The molecule has 4 rings (SSSR count). The maximum atomic E-state index is 12.9. The predicted octanol–water partition coefficient (Wildman–Crippen LogP) is 6.58. The van der Waals surface area contributed by atoms with Crippen LogP contribution in [0.4, 0.5) is 5.69 Å². The third-order valence-electron chi connectivity index (χ3n) is 4.64. The molecule has 0 aliphatic carbocycles. The quantitative estimate of drug-likeness (QED) is 0.412. The van der Waals surface area contributed by atoms with E-state index in [0.717, 1.165) is 0 Å². The number of amidine groups is 1. The Balaban J connectivity index is 1.60. The predicted molar refractivity (Wildman–Crippen MR) is 128 cm³/mol. The van der Waals surface area contributed by atoms with E-state index in [4.69, 9.17) is 32.7 Å². The van der Waals surface area contributed by atoms with Gasteiger partial charge in [-0.3, -0.25) is 9.69 Å². The number of carbonyl (C=O) groups is 2. The third kappa shape index (κ3) is 4.60. The number of furan rings is 1. The molecule has 1 fully saturated rings. The molecule has 9 heteroatoms. The van der Waals surface area contributed by atoms with Crippen molar-refractivity contribution in [3.63, 3.8) is 0 Å². The van der Waals surface area contributed by atoms with Crippen molar-refractivity contribution < 1.29 is 19.1 Å². The number of thioether (sulfide) groups is 1. The zero-order chi connectivity index (χ0) is 22.8. The zero-order valence-corrected chi connectivity index (χ0v) is 19.0. The topological polar surface area (TPSA) is 83.1 Å². The Labute approximate surface area is 198 Å². The second kappa shape index (κ2) is 9.24.